The highest BCUT2D eigenvalue weighted by atomic mass is 79.9. The van der Waals surface area contributed by atoms with Crippen LogP contribution in [0.3, 0.4) is 0 Å². The van der Waals surface area contributed by atoms with E-state index in [0.717, 1.165) is 6.07 Å². The number of rotatable bonds is 2. The van der Waals surface area contributed by atoms with Crippen molar-refractivity contribution in [3.8, 4) is 0 Å². The minimum atomic E-state index is -4.42. The number of alkyl halides is 3. The Balaban J connectivity index is 3.26. The summed E-state index contributed by atoms with van der Waals surface area (Å²) in [7, 11) is 0. The number of carbonyl (C=O) groups excluding carboxylic acids is 1. The van der Waals surface area contributed by atoms with Crippen molar-refractivity contribution in [2.75, 3.05) is 0 Å². The van der Waals surface area contributed by atoms with Gasteiger partial charge in [-0.2, -0.15) is 13.2 Å². The molecule has 1 rings (SSSR count). The highest BCUT2D eigenvalue weighted by Gasteiger charge is 2.33. The van der Waals surface area contributed by atoms with Crippen LogP contribution in [0.15, 0.2) is 22.7 Å². The topological polar surface area (TPSA) is 17.1 Å². The summed E-state index contributed by atoms with van der Waals surface area (Å²) in [6, 6.07) is 3.77. The summed E-state index contributed by atoms with van der Waals surface area (Å²) >= 11 is 3.02. The molecule has 0 spiro atoms. The Labute approximate surface area is 93.4 Å². The molecule has 0 radical (unpaired) electrons. The van der Waals surface area contributed by atoms with Gasteiger partial charge in [0.1, 0.15) is 5.78 Å². The van der Waals surface area contributed by atoms with Crippen LogP contribution in [0, 0.1) is 0 Å². The van der Waals surface area contributed by atoms with Crippen LogP contribution in [-0.4, -0.2) is 5.78 Å². The van der Waals surface area contributed by atoms with Crippen molar-refractivity contribution in [2.45, 2.75) is 19.5 Å². The smallest absolute Gasteiger partial charge is 0.300 e. The first kappa shape index (κ1) is 12.2. The molecule has 0 heterocycles. The lowest BCUT2D eigenvalue weighted by Gasteiger charge is -2.13. The molecule has 0 bridgehead atoms. The maximum atomic E-state index is 12.5. The standard InChI is InChI=1S/C10H8BrF3O/c1-6(15)5-7-8(10(12,13)14)3-2-4-9(7)11/h2-4H,5H2,1H3. The first-order valence-electron chi connectivity index (χ1n) is 4.16. The Morgan fingerprint density at radius 1 is 1.40 bits per heavy atom. The fraction of sp³-hybridized carbons (Fsp3) is 0.300. The van der Waals surface area contributed by atoms with E-state index < -0.39 is 11.7 Å². The van der Waals surface area contributed by atoms with E-state index in [1.165, 1.54) is 19.1 Å². The fourth-order valence-electron chi connectivity index (χ4n) is 1.25. The second-order valence-electron chi connectivity index (χ2n) is 3.14. The van der Waals surface area contributed by atoms with Crippen LogP contribution in [0.5, 0.6) is 0 Å². The number of Topliss-reactive ketones (excluding diaryl/α,β-unsaturated/α-hetero) is 1. The maximum Gasteiger partial charge on any atom is 0.416 e. The molecule has 1 aromatic rings. The second-order valence-corrected chi connectivity index (χ2v) is 4.00. The van der Waals surface area contributed by atoms with Gasteiger partial charge in [-0.05, 0) is 24.6 Å². The Bertz CT molecular complexity index is 385. The fourth-order valence-corrected chi connectivity index (χ4v) is 1.76. The quantitative estimate of drug-likeness (QED) is 0.809. The van der Waals surface area contributed by atoms with Gasteiger partial charge in [0.15, 0.2) is 0 Å². The molecule has 5 heteroatoms. The van der Waals surface area contributed by atoms with E-state index in [4.69, 9.17) is 0 Å². The molecule has 0 unspecified atom stereocenters. The van der Waals surface area contributed by atoms with E-state index in [9.17, 15) is 18.0 Å². The van der Waals surface area contributed by atoms with Crippen molar-refractivity contribution in [3.05, 3.63) is 33.8 Å². The molecule has 82 valence electrons. The van der Waals surface area contributed by atoms with E-state index in [2.05, 4.69) is 15.9 Å². The third-order valence-electron chi connectivity index (χ3n) is 1.85. The van der Waals surface area contributed by atoms with Gasteiger partial charge in [-0.25, -0.2) is 0 Å². The predicted molar refractivity (Wildman–Crippen MR) is 53.5 cm³/mol. The summed E-state index contributed by atoms with van der Waals surface area (Å²) in [5.74, 6) is -0.299. The molecular weight excluding hydrogens is 273 g/mol. The SMILES string of the molecule is CC(=O)Cc1c(Br)cccc1C(F)(F)F. The summed E-state index contributed by atoms with van der Waals surface area (Å²) in [5.41, 5.74) is -0.760. The van der Waals surface area contributed by atoms with Crippen LogP contribution >= 0.6 is 15.9 Å². The highest BCUT2D eigenvalue weighted by molar-refractivity contribution is 9.10. The van der Waals surface area contributed by atoms with Gasteiger partial charge >= 0.3 is 6.18 Å². The van der Waals surface area contributed by atoms with E-state index in [-0.39, 0.29) is 17.8 Å². The summed E-state index contributed by atoms with van der Waals surface area (Å²) in [5, 5.41) is 0. The van der Waals surface area contributed by atoms with Gasteiger partial charge in [0, 0.05) is 10.9 Å². The van der Waals surface area contributed by atoms with Crippen LogP contribution in [0.25, 0.3) is 0 Å². The molecule has 0 atom stereocenters. The summed E-state index contributed by atoms with van der Waals surface area (Å²) in [4.78, 5) is 10.9. The van der Waals surface area contributed by atoms with Crippen molar-refractivity contribution in [1.82, 2.24) is 0 Å². The van der Waals surface area contributed by atoms with Crippen LogP contribution < -0.4 is 0 Å². The first-order valence-corrected chi connectivity index (χ1v) is 4.95. The zero-order valence-corrected chi connectivity index (χ0v) is 9.45. The Morgan fingerprint density at radius 3 is 2.47 bits per heavy atom. The molecule has 0 N–H and O–H groups in total. The van der Waals surface area contributed by atoms with E-state index in [0.29, 0.717) is 4.47 Å². The third-order valence-corrected chi connectivity index (χ3v) is 2.59. The zero-order chi connectivity index (χ0) is 11.6. The minimum Gasteiger partial charge on any atom is -0.300 e. The van der Waals surface area contributed by atoms with Crippen LogP contribution in [0.1, 0.15) is 18.1 Å². The van der Waals surface area contributed by atoms with Crippen molar-refractivity contribution < 1.29 is 18.0 Å². The average molecular weight is 281 g/mol. The number of halogens is 4. The van der Waals surface area contributed by atoms with Gasteiger partial charge in [0.25, 0.3) is 0 Å². The lowest BCUT2D eigenvalue weighted by molar-refractivity contribution is -0.138. The lowest BCUT2D eigenvalue weighted by Crippen LogP contribution is -2.11. The van der Waals surface area contributed by atoms with Crippen LogP contribution in [-0.2, 0) is 17.4 Å². The number of hydrogen-bond donors (Lipinski definition) is 0. The van der Waals surface area contributed by atoms with Gasteiger partial charge in [-0.3, -0.25) is 4.79 Å². The Morgan fingerprint density at radius 2 is 2.00 bits per heavy atom. The van der Waals surface area contributed by atoms with Gasteiger partial charge < -0.3 is 0 Å². The first-order chi connectivity index (χ1) is 6.82. The molecule has 1 nitrogen and oxygen atoms in total. The molecular formula is C10H8BrF3O. The van der Waals surface area contributed by atoms with Crippen molar-refractivity contribution in [1.29, 1.82) is 0 Å². The van der Waals surface area contributed by atoms with Gasteiger partial charge in [-0.1, -0.05) is 22.0 Å². The van der Waals surface area contributed by atoms with Gasteiger partial charge in [0.2, 0.25) is 0 Å². The highest BCUT2D eigenvalue weighted by Crippen LogP contribution is 2.35. The molecule has 1 aromatic carbocycles. The molecule has 0 aromatic heterocycles. The number of ketones is 1. The summed E-state index contributed by atoms with van der Waals surface area (Å²) in [6.07, 6.45) is -4.63. The predicted octanol–water partition coefficient (Wildman–Crippen LogP) is 3.60. The van der Waals surface area contributed by atoms with Crippen molar-refractivity contribution >= 4 is 21.7 Å². The number of hydrogen-bond acceptors (Lipinski definition) is 1. The van der Waals surface area contributed by atoms with Crippen LogP contribution in [0.4, 0.5) is 13.2 Å². The average Bonchev–Trinajstić information content (AvgIpc) is 2.05. The van der Waals surface area contributed by atoms with E-state index in [1.807, 2.05) is 0 Å². The molecule has 0 amide bonds. The molecule has 0 aliphatic carbocycles. The van der Waals surface area contributed by atoms with Crippen molar-refractivity contribution in [3.63, 3.8) is 0 Å². The van der Waals surface area contributed by atoms with Gasteiger partial charge in [0.05, 0.1) is 5.56 Å². The molecule has 0 saturated heterocycles. The van der Waals surface area contributed by atoms with Crippen molar-refractivity contribution in [2.24, 2.45) is 0 Å². The monoisotopic (exact) mass is 280 g/mol. The Kier molecular flexibility index (Phi) is 3.54. The maximum absolute atomic E-state index is 12.5. The molecule has 0 aliphatic rings. The summed E-state index contributed by atoms with van der Waals surface area (Å²) < 4.78 is 38.0. The normalized spacial score (nSPS) is 11.5. The zero-order valence-electron chi connectivity index (χ0n) is 7.86. The van der Waals surface area contributed by atoms with E-state index >= 15 is 0 Å². The lowest BCUT2D eigenvalue weighted by atomic mass is 10.0. The Hall–Kier alpha value is -0.840. The number of benzene rings is 1. The van der Waals surface area contributed by atoms with Crippen LogP contribution in [0.2, 0.25) is 0 Å². The molecule has 15 heavy (non-hydrogen) atoms. The molecule has 0 aliphatic heterocycles. The largest absolute Gasteiger partial charge is 0.416 e. The van der Waals surface area contributed by atoms with E-state index in [1.54, 1.807) is 0 Å². The number of carbonyl (C=O) groups is 1. The van der Waals surface area contributed by atoms with Gasteiger partial charge in [-0.15, -0.1) is 0 Å². The second kappa shape index (κ2) is 4.35. The third kappa shape index (κ3) is 3.06. The summed E-state index contributed by atoms with van der Waals surface area (Å²) in [6.45, 7) is 1.26. The molecule has 0 fully saturated rings. The minimum absolute atomic E-state index is 0.00231. The molecule has 0 saturated carbocycles.